The highest BCUT2D eigenvalue weighted by Crippen LogP contribution is 2.11. The zero-order valence-electron chi connectivity index (χ0n) is 7.86. The van der Waals surface area contributed by atoms with Crippen LogP contribution < -0.4 is 5.32 Å². The van der Waals surface area contributed by atoms with Crippen LogP contribution in [0.25, 0.3) is 0 Å². The Balaban J connectivity index is 1.80. The predicted octanol–water partition coefficient (Wildman–Crippen LogP) is 1.56. The largest absolute Gasteiger partial charge is 0.371 e. The molecule has 0 spiro atoms. The molecule has 13 heavy (non-hydrogen) atoms. The lowest BCUT2D eigenvalue weighted by atomic mass is 10.1. The summed E-state index contributed by atoms with van der Waals surface area (Å²) in [5, 5.41) is 3.27. The molecule has 1 N–H and O–H groups in total. The Kier molecular flexibility index (Phi) is 2.62. The second-order valence-electron chi connectivity index (χ2n) is 3.53. The van der Waals surface area contributed by atoms with Gasteiger partial charge in [0.25, 0.3) is 0 Å². The molecule has 2 atom stereocenters. The maximum Gasteiger partial charge on any atom is 0.0854 e. The molecule has 1 aromatic rings. The quantitative estimate of drug-likeness (QED) is 0.756. The van der Waals surface area contributed by atoms with Gasteiger partial charge in [-0.2, -0.15) is 0 Å². The second-order valence-corrected chi connectivity index (χ2v) is 3.53. The summed E-state index contributed by atoms with van der Waals surface area (Å²) in [6.07, 6.45) is 0.403. The lowest BCUT2D eigenvalue weighted by molar-refractivity contribution is -0.0224. The molecule has 1 saturated heterocycles. The molecule has 0 bridgehead atoms. The molecule has 1 fully saturated rings. The normalized spacial score (nSPS) is 26.8. The Hall–Kier alpha value is -0.860. The average Bonchev–Trinajstić information content (AvgIpc) is 2.17. The van der Waals surface area contributed by atoms with Crippen molar-refractivity contribution in [2.75, 3.05) is 6.54 Å². The zero-order chi connectivity index (χ0) is 9.10. The van der Waals surface area contributed by atoms with Crippen LogP contribution in [0.1, 0.15) is 12.5 Å². The van der Waals surface area contributed by atoms with Crippen LogP contribution in [0.4, 0.5) is 0 Å². The molecule has 70 valence electrons. The summed E-state index contributed by atoms with van der Waals surface area (Å²) < 4.78 is 5.71. The Morgan fingerprint density at radius 2 is 2.15 bits per heavy atom. The van der Waals surface area contributed by atoms with Crippen molar-refractivity contribution in [1.29, 1.82) is 0 Å². The van der Waals surface area contributed by atoms with Gasteiger partial charge in [0.05, 0.1) is 12.7 Å². The summed E-state index contributed by atoms with van der Waals surface area (Å²) in [6.45, 7) is 3.88. The first-order valence-electron chi connectivity index (χ1n) is 4.75. The monoisotopic (exact) mass is 177 g/mol. The van der Waals surface area contributed by atoms with E-state index < -0.39 is 0 Å². The van der Waals surface area contributed by atoms with E-state index in [0.29, 0.717) is 12.1 Å². The van der Waals surface area contributed by atoms with Gasteiger partial charge in [-0.25, -0.2) is 0 Å². The number of hydrogen-bond donors (Lipinski definition) is 1. The third-order valence-electron chi connectivity index (χ3n) is 2.51. The van der Waals surface area contributed by atoms with E-state index in [-0.39, 0.29) is 0 Å². The topological polar surface area (TPSA) is 21.3 Å². The van der Waals surface area contributed by atoms with Gasteiger partial charge in [0.1, 0.15) is 0 Å². The van der Waals surface area contributed by atoms with Gasteiger partial charge >= 0.3 is 0 Å². The van der Waals surface area contributed by atoms with E-state index in [0.717, 1.165) is 13.2 Å². The second kappa shape index (κ2) is 3.90. The molecule has 0 unspecified atom stereocenters. The Bertz CT molecular complexity index is 260. The van der Waals surface area contributed by atoms with Crippen molar-refractivity contribution in [3.63, 3.8) is 0 Å². The van der Waals surface area contributed by atoms with Crippen molar-refractivity contribution < 1.29 is 4.74 Å². The summed E-state index contributed by atoms with van der Waals surface area (Å²) >= 11 is 0. The molecule has 1 aliphatic rings. The molecule has 0 saturated carbocycles. The van der Waals surface area contributed by atoms with Crippen LogP contribution in [0.5, 0.6) is 0 Å². The van der Waals surface area contributed by atoms with Gasteiger partial charge in [0, 0.05) is 12.6 Å². The Morgan fingerprint density at radius 1 is 1.38 bits per heavy atom. The van der Waals surface area contributed by atoms with Gasteiger partial charge in [0.2, 0.25) is 0 Å². The molecule has 2 heteroatoms. The molecule has 0 aromatic heterocycles. The van der Waals surface area contributed by atoms with Crippen LogP contribution in [0.2, 0.25) is 0 Å². The van der Waals surface area contributed by atoms with Gasteiger partial charge in [-0.05, 0) is 12.5 Å². The fourth-order valence-corrected chi connectivity index (χ4v) is 1.43. The first kappa shape index (κ1) is 8.73. The fraction of sp³-hybridized carbons (Fsp3) is 0.455. The van der Waals surface area contributed by atoms with Crippen molar-refractivity contribution in [3.05, 3.63) is 35.9 Å². The molecule has 1 aliphatic heterocycles. The summed E-state index contributed by atoms with van der Waals surface area (Å²) in [4.78, 5) is 0. The number of ether oxygens (including phenoxy) is 1. The summed E-state index contributed by atoms with van der Waals surface area (Å²) in [7, 11) is 0. The lowest BCUT2D eigenvalue weighted by Gasteiger charge is -2.35. The van der Waals surface area contributed by atoms with E-state index in [4.69, 9.17) is 4.74 Å². The van der Waals surface area contributed by atoms with Crippen LogP contribution in [-0.2, 0) is 11.3 Å². The molecule has 2 nitrogen and oxygen atoms in total. The highest BCUT2D eigenvalue weighted by molar-refractivity contribution is 5.13. The number of rotatable bonds is 3. The summed E-state index contributed by atoms with van der Waals surface area (Å²) in [5.41, 5.74) is 1.25. The Labute approximate surface area is 78.9 Å². The summed E-state index contributed by atoms with van der Waals surface area (Å²) in [6, 6.07) is 10.8. The molecule has 2 rings (SSSR count). The zero-order valence-corrected chi connectivity index (χ0v) is 7.86. The van der Waals surface area contributed by atoms with E-state index in [1.54, 1.807) is 0 Å². The van der Waals surface area contributed by atoms with Crippen molar-refractivity contribution >= 4 is 0 Å². The van der Waals surface area contributed by atoms with Crippen LogP contribution in [0.15, 0.2) is 30.3 Å². The maximum atomic E-state index is 5.71. The number of nitrogens with one attached hydrogen (secondary N) is 1. The van der Waals surface area contributed by atoms with Crippen molar-refractivity contribution in [2.45, 2.75) is 25.7 Å². The maximum absolute atomic E-state index is 5.71. The molecule has 0 amide bonds. The third kappa shape index (κ3) is 2.08. The van der Waals surface area contributed by atoms with Gasteiger partial charge < -0.3 is 10.1 Å². The minimum atomic E-state index is 0.403. The molecular weight excluding hydrogens is 162 g/mol. The molecule has 1 heterocycles. The smallest absolute Gasteiger partial charge is 0.0854 e. The number of benzene rings is 1. The fourth-order valence-electron chi connectivity index (χ4n) is 1.43. The highest BCUT2D eigenvalue weighted by atomic mass is 16.5. The standard InChI is InChI=1S/C11H15NO/c1-9-11(7-12-9)13-8-10-5-3-2-4-6-10/h2-6,9,11-12H,7-8H2,1H3/t9-,11+/m0/s1. The molecule has 0 aliphatic carbocycles. The highest BCUT2D eigenvalue weighted by Gasteiger charge is 2.26. The van der Waals surface area contributed by atoms with Crippen molar-refractivity contribution in [1.82, 2.24) is 5.32 Å². The predicted molar refractivity (Wildman–Crippen MR) is 52.5 cm³/mol. The Morgan fingerprint density at radius 3 is 2.69 bits per heavy atom. The molecular formula is C11H15NO. The van der Waals surface area contributed by atoms with Crippen molar-refractivity contribution in [2.24, 2.45) is 0 Å². The summed E-state index contributed by atoms with van der Waals surface area (Å²) in [5.74, 6) is 0. The van der Waals surface area contributed by atoms with Gasteiger partial charge in [-0.15, -0.1) is 0 Å². The van der Waals surface area contributed by atoms with Crippen LogP contribution in [-0.4, -0.2) is 18.7 Å². The molecule has 0 radical (unpaired) electrons. The van der Waals surface area contributed by atoms with E-state index in [9.17, 15) is 0 Å². The van der Waals surface area contributed by atoms with E-state index in [1.165, 1.54) is 5.56 Å². The van der Waals surface area contributed by atoms with Gasteiger partial charge in [-0.1, -0.05) is 30.3 Å². The van der Waals surface area contributed by atoms with Crippen LogP contribution in [0, 0.1) is 0 Å². The third-order valence-corrected chi connectivity index (χ3v) is 2.51. The first-order valence-corrected chi connectivity index (χ1v) is 4.75. The van der Waals surface area contributed by atoms with Crippen LogP contribution >= 0.6 is 0 Å². The SMILES string of the molecule is C[C@@H]1NC[C@H]1OCc1ccccc1. The minimum absolute atomic E-state index is 0.403. The minimum Gasteiger partial charge on any atom is -0.371 e. The van der Waals surface area contributed by atoms with E-state index in [2.05, 4.69) is 24.4 Å². The van der Waals surface area contributed by atoms with Gasteiger partial charge in [0.15, 0.2) is 0 Å². The van der Waals surface area contributed by atoms with Crippen molar-refractivity contribution in [3.8, 4) is 0 Å². The molecule has 1 aromatic carbocycles. The van der Waals surface area contributed by atoms with E-state index in [1.807, 2.05) is 18.2 Å². The number of hydrogen-bond acceptors (Lipinski definition) is 2. The lowest BCUT2D eigenvalue weighted by Crippen LogP contribution is -2.56. The average molecular weight is 177 g/mol. The first-order chi connectivity index (χ1) is 6.36. The van der Waals surface area contributed by atoms with Gasteiger partial charge in [-0.3, -0.25) is 0 Å². The van der Waals surface area contributed by atoms with E-state index >= 15 is 0 Å². The van der Waals surface area contributed by atoms with Crippen LogP contribution in [0.3, 0.4) is 0 Å².